The molecule has 1 aromatic carbocycles. The van der Waals surface area contributed by atoms with Gasteiger partial charge in [0.25, 0.3) is 0 Å². The Balaban J connectivity index is 1.77. The van der Waals surface area contributed by atoms with E-state index in [1.807, 2.05) is 38.1 Å². The first-order chi connectivity index (χ1) is 11.0. The Kier molecular flexibility index (Phi) is 4.21. The summed E-state index contributed by atoms with van der Waals surface area (Å²) in [7, 11) is -3.15. The van der Waals surface area contributed by atoms with Gasteiger partial charge in [-0.3, -0.25) is 9.29 Å². The average molecular weight is 332 g/mol. The van der Waals surface area contributed by atoms with Crippen LogP contribution >= 0.6 is 0 Å². The van der Waals surface area contributed by atoms with E-state index in [2.05, 4.69) is 15.3 Å². The summed E-state index contributed by atoms with van der Waals surface area (Å²) in [5, 5.41) is 3.27. The molecule has 1 aliphatic rings. The normalized spacial score (nSPS) is 16.5. The predicted molar refractivity (Wildman–Crippen MR) is 91.0 cm³/mol. The van der Waals surface area contributed by atoms with Crippen LogP contribution in [0.1, 0.15) is 23.4 Å². The van der Waals surface area contributed by atoms with E-state index < -0.39 is 10.0 Å². The molecule has 122 valence electrons. The van der Waals surface area contributed by atoms with E-state index in [1.165, 1.54) is 4.31 Å². The molecule has 1 aromatic heterocycles. The molecule has 0 saturated carbocycles. The molecular formula is C16H20N4O2S. The van der Waals surface area contributed by atoms with E-state index >= 15 is 0 Å². The van der Waals surface area contributed by atoms with Crippen LogP contribution in [0.5, 0.6) is 0 Å². The van der Waals surface area contributed by atoms with Gasteiger partial charge in [-0.2, -0.15) is 0 Å². The van der Waals surface area contributed by atoms with Crippen LogP contribution < -0.4 is 9.62 Å². The summed E-state index contributed by atoms with van der Waals surface area (Å²) in [6.45, 7) is 4.93. The zero-order valence-electron chi connectivity index (χ0n) is 13.3. The van der Waals surface area contributed by atoms with Crippen LogP contribution in [0.4, 0.5) is 11.5 Å². The molecule has 0 bridgehead atoms. The van der Waals surface area contributed by atoms with Gasteiger partial charge in [0.1, 0.15) is 5.82 Å². The lowest BCUT2D eigenvalue weighted by Gasteiger charge is -2.18. The number of nitrogens with one attached hydrogen (secondary N) is 1. The summed E-state index contributed by atoms with van der Waals surface area (Å²) < 4.78 is 25.5. The number of anilines is 2. The smallest absolute Gasteiger partial charge is 0.235 e. The van der Waals surface area contributed by atoms with Gasteiger partial charge >= 0.3 is 0 Å². The zero-order chi connectivity index (χ0) is 16.4. The third-order valence-electron chi connectivity index (χ3n) is 3.83. The summed E-state index contributed by atoms with van der Waals surface area (Å²) in [5.41, 5.74) is 3.44. The Morgan fingerprint density at radius 1 is 1.30 bits per heavy atom. The van der Waals surface area contributed by atoms with E-state index in [0.717, 1.165) is 28.5 Å². The summed E-state index contributed by atoms with van der Waals surface area (Å²) in [5.74, 6) is 0.984. The van der Waals surface area contributed by atoms with Crippen molar-refractivity contribution < 1.29 is 8.42 Å². The average Bonchev–Trinajstić information content (AvgIpc) is 2.88. The number of nitrogens with zero attached hydrogens (tertiary/aromatic N) is 3. The third-order valence-corrected chi connectivity index (χ3v) is 5.70. The summed E-state index contributed by atoms with van der Waals surface area (Å²) in [4.78, 5) is 8.71. The van der Waals surface area contributed by atoms with Crippen LogP contribution in [-0.4, -0.2) is 30.7 Å². The van der Waals surface area contributed by atoms with E-state index in [4.69, 9.17) is 0 Å². The Hall–Kier alpha value is -2.15. The quantitative estimate of drug-likeness (QED) is 0.929. The molecular weight excluding hydrogens is 312 g/mol. The first kappa shape index (κ1) is 15.7. The van der Waals surface area contributed by atoms with Crippen molar-refractivity contribution in [1.82, 2.24) is 9.97 Å². The van der Waals surface area contributed by atoms with Gasteiger partial charge in [0.15, 0.2) is 0 Å². The third kappa shape index (κ3) is 3.44. The standard InChI is InChI=1S/C16H20N4O2S/c1-12-10-17-13(2)16(19-12)18-11-14-5-3-6-15(9-14)20-7-4-8-23(20,21)22/h3,5-6,9-10H,4,7-8,11H2,1-2H3,(H,18,19). The molecule has 1 N–H and O–H groups in total. The number of aromatic nitrogens is 2. The van der Waals surface area contributed by atoms with Crippen molar-refractivity contribution in [1.29, 1.82) is 0 Å². The zero-order valence-corrected chi connectivity index (χ0v) is 14.1. The van der Waals surface area contributed by atoms with E-state index in [9.17, 15) is 8.42 Å². The fourth-order valence-electron chi connectivity index (χ4n) is 2.64. The lowest BCUT2D eigenvalue weighted by molar-refractivity contribution is 0.599. The summed E-state index contributed by atoms with van der Waals surface area (Å²) in [6.07, 6.45) is 2.42. The number of aryl methyl sites for hydroxylation is 2. The fraction of sp³-hybridized carbons (Fsp3) is 0.375. The van der Waals surface area contributed by atoms with Gasteiger partial charge in [0.2, 0.25) is 10.0 Å². The van der Waals surface area contributed by atoms with Gasteiger partial charge in [0.05, 0.1) is 22.8 Å². The molecule has 6 nitrogen and oxygen atoms in total. The maximum absolute atomic E-state index is 12.0. The minimum atomic E-state index is -3.15. The molecule has 1 aliphatic heterocycles. The first-order valence-electron chi connectivity index (χ1n) is 7.59. The first-order valence-corrected chi connectivity index (χ1v) is 9.20. The van der Waals surface area contributed by atoms with Crippen molar-refractivity contribution in [2.45, 2.75) is 26.8 Å². The van der Waals surface area contributed by atoms with Crippen molar-refractivity contribution in [3.05, 3.63) is 47.4 Å². The molecule has 0 unspecified atom stereocenters. The van der Waals surface area contributed by atoms with Crippen LogP contribution in [0.2, 0.25) is 0 Å². The Morgan fingerprint density at radius 3 is 2.87 bits per heavy atom. The van der Waals surface area contributed by atoms with Crippen molar-refractivity contribution in [2.75, 3.05) is 21.9 Å². The van der Waals surface area contributed by atoms with Gasteiger partial charge in [-0.1, -0.05) is 12.1 Å². The molecule has 1 saturated heterocycles. The number of benzene rings is 1. The van der Waals surface area contributed by atoms with Crippen LogP contribution in [0, 0.1) is 13.8 Å². The highest BCUT2D eigenvalue weighted by atomic mass is 32.2. The maximum Gasteiger partial charge on any atom is 0.235 e. The molecule has 1 fully saturated rings. The topological polar surface area (TPSA) is 75.2 Å². The molecule has 0 spiro atoms. The molecule has 23 heavy (non-hydrogen) atoms. The van der Waals surface area contributed by atoms with E-state index in [0.29, 0.717) is 19.5 Å². The molecule has 2 aromatic rings. The van der Waals surface area contributed by atoms with Crippen LogP contribution in [0.3, 0.4) is 0 Å². The van der Waals surface area contributed by atoms with Crippen molar-refractivity contribution in [2.24, 2.45) is 0 Å². The van der Waals surface area contributed by atoms with Gasteiger partial charge in [-0.25, -0.2) is 13.4 Å². The Morgan fingerprint density at radius 2 is 2.13 bits per heavy atom. The number of rotatable bonds is 4. The fourth-order valence-corrected chi connectivity index (χ4v) is 4.20. The Bertz CT molecular complexity index is 821. The number of hydrogen-bond donors (Lipinski definition) is 1. The Labute approximate surface area is 136 Å². The highest BCUT2D eigenvalue weighted by molar-refractivity contribution is 7.93. The molecule has 0 aliphatic carbocycles. The van der Waals surface area contributed by atoms with E-state index in [-0.39, 0.29) is 5.75 Å². The molecule has 2 heterocycles. The second kappa shape index (κ2) is 6.16. The minimum Gasteiger partial charge on any atom is -0.364 e. The van der Waals surface area contributed by atoms with Gasteiger partial charge in [0, 0.05) is 19.3 Å². The maximum atomic E-state index is 12.0. The second-order valence-corrected chi connectivity index (χ2v) is 7.72. The van der Waals surface area contributed by atoms with Crippen molar-refractivity contribution in [3.8, 4) is 0 Å². The largest absolute Gasteiger partial charge is 0.364 e. The van der Waals surface area contributed by atoms with Crippen LogP contribution in [-0.2, 0) is 16.6 Å². The lowest BCUT2D eigenvalue weighted by Crippen LogP contribution is -2.25. The monoisotopic (exact) mass is 332 g/mol. The van der Waals surface area contributed by atoms with Crippen LogP contribution in [0.25, 0.3) is 0 Å². The highest BCUT2D eigenvalue weighted by Crippen LogP contribution is 2.25. The van der Waals surface area contributed by atoms with Gasteiger partial charge in [-0.15, -0.1) is 0 Å². The summed E-state index contributed by atoms with van der Waals surface area (Å²) in [6, 6.07) is 7.60. The van der Waals surface area contributed by atoms with Crippen molar-refractivity contribution >= 4 is 21.5 Å². The molecule has 0 amide bonds. The summed E-state index contributed by atoms with van der Waals surface area (Å²) >= 11 is 0. The SMILES string of the molecule is Cc1cnc(C)c(NCc2cccc(N3CCCS3(=O)=O)c2)n1. The predicted octanol–water partition coefficient (Wildman–Crippen LogP) is 2.25. The van der Waals surface area contributed by atoms with Crippen LogP contribution in [0.15, 0.2) is 30.5 Å². The van der Waals surface area contributed by atoms with Gasteiger partial charge < -0.3 is 5.32 Å². The van der Waals surface area contributed by atoms with Gasteiger partial charge in [-0.05, 0) is 38.0 Å². The molecule has 0 atom stereocenters. The lowest BCUT2D eigenvalue weighted by atomic mass is 10.2. The molecule has 3 rings (SSSR count). The van der Waals surface area contributed by atoms with E-state index in [1.54, 1.807) is 6.20 Å². The number of sulfonamides is 1. The number of hydrogen-bond acceptors (Lipinski definition) is 5. The second-order valence-electron chi connectivity index (χ2n) is 5.71. The molecule has 0 radical (unpaired) electrons. The highest BCUT2D eigenvalue weighted by Gasteiger charge is 2.28. The molecule has 7 heteroatoms. The van der Waals surface area contributed by atoms with Crippen molar-refractivity contribution in [3.63, 3.8) is 0 Å². The minimum absolute atomic E-state index is 0.230.